The molecule has 1 aromatic carbocycles. The van der Waals surface area contributed by atoms with E-state index in [1.807, 2.05) is 0 Å². The monoisotopic (exact) mass is 314 g/mol. The van der Waals surface area contributed by atoms with E-state index in [2.05, 4.69) is 5.32 Å². The highest BCUT2D eigenvalue weighted by atomic mass is 19.4. The molecule has 0 spiro atoms. The van der Waals surface area contributed by atoms with Crippen LogP contribution in [0.2, 0.25) is 0 Å². The lowest BCUT2D eigenvalue weighted by atomic mass is 9.99. The molecule has 120 valence electrons. The number of alkyl halides is 3. The van der Waals surface area contributed by atoms with Crippen LogP contribution in [0.4, 0.5) is 13.2 Å². The van der Waals surface area contributed by atoms with Crippen LogP contribution < -0.4 is 10.1 Å². The molecular formula is C15H17F3N2O2. The van der Waals surface area contributed by atoms with E-state index in [0.717, 1.165) is 13.0 Å². The number of carbonyl (C=O) groups is 1. The fourth-order valence-electron chi connectivity index (χ4n) is 3.10. The third kappa shape index (κ3) is 3.35. The number of nitrogens with one attached hydrogen (secondary N) is 1. The molecule has 1 N–H and O–H groups in total. The molecule has 0 aromatic heterocycles. The number of halogens is 3. The van der Waals surface area contributed by atoms with Crippen LogP contribution in [0, 0.1) is 5.92 Å². The van der Waals surface area contributed by atoms with Gasteiger partial charge in [0.15, 0.2) is 6.61 Å². The maximum absolute atomic E-state index is 12.6. The Hall–Kier alpha value is -1.76. The molecule has 22 heavy (non-hydrogen) atoms. The van der Waals surface area contributed by atoms with Gasteiger partial charge in [-0.05, 0) is 24.5 Å². The van der Waals surface area contributed by atoms with Crippen LogP contribution in [0.1, 0.15) is 16.8 Å². The Morgan fingerprint density at radius 1 is 1.32 bits per heavy atom. The summed E-state index contributed by atoms with van der Waals surface area (Å²) >= 11 is 0. The molecule has 2 saturated heterocycles. The van der Waals surface area contributed by atoms with Crippen molar-refractivity contribution in [1.29, 1.82) is 0 Å². The molecule has 0 radical (unpaired) electrons. The van der Waals surface area contributed by atoms with Crippen LogP contribution in [-0.2, 0) is 0 Å². The molecule has 2 aliphatic rings. The average molecular weight is 314 g/mol. The van der Waals surface area contributed by atoms with Crippen LogP contribution in [0.25, 0.3) is 0 Å². The largest absolute Gasteiger partial charge is 0.483 e. The summed E-state index contributed by atoms with van der Waals surface area (Å²) in [5.74, 6) is 0.137. The van der Waals surface area contributed by atoms with Crippen molar-refractivity contribution in [2.75, 3.05) is 26.2 Å². The number of hydrogen-bond donors (Lipinski definition) is 1. The van der Waals surface area contributed by atoms with E-state index in [-0.39, 0.29) is 23.3 Å². The van der Waals surface area contributed by atoms with Gasteiger partial charge in [0.25, 0.3) is 5.91 Å². The van der Waals surface area contributed by atoms with Crippen LogP contribution >= 0.6 is 0 Å². The van der Waals surface area contributed by atoms with Crippen LogP contribution in [0.15, 0.2) is 24.3 Å². The Morgan fingerprint density at radius 2 is 2.09 bits per heavy atom. The number of amides is 1. The molecule has 1 amide bonds. The summed E-state index contributed by atoms with van der Waals surface area (Å²) in [5.41, 5.74) is 0.188. The first-order valence-electron chi connectivity index (χ1n) is 7.23. The van der Waals surface area contributed by atoms with Gasteiger partial charge in [-0.1, -0.05) is 12.1 Å². The van der Waals surface area contributed by atoms with Gasteiger partial charge < -0.3 is 15.0 Å². The zero-order valence-electron chi connectivity index (χ0n) is 11.9. The van der Waals surface area contributed by atoms with Gasteiger partial charge in [-0.2, -0.15) is 13.2 Å². The molecule has 2 atom stereocenters. The Balaban J connectivity index is 1.74. The topological polar surface area (TPSA) is 41.6 Å². The summed E-state index contributed by atoms with van der Waals surface area (Å²) in [6, 6.07) is 6.38. The molecule has 2 heterocycles. The number of hydrogen-bond acceptors (Lipinski definition) is 3. The summed E-state index contributed by atoms with van der Waals surface area (Å²) in [6.07, 6.45) is -3.37. The minimum Gasteiger partial charge on any atom is -0.483 e. The first-order chi connectivity index (χ1) is 10.4. The summed E-state index contributed by atoms with van der Waals surface area (Å²) in [6.45, 7) is 0.712. The lowest BCUT2D eigenvalue weighted by molar-refractivity contribution is -0.153. The van der Waals surface area contributed by atoms with Gasteiger partial charge in [0.05, 0.1) is 5.56 Å². The van der Waals surface area contributed by atoms with Crippen molar-refractivity contribution >= 4 is 5.91 Å². The second-order valence-electron chi connectivity index (χ2n) is 5.82. The first-order valence-corrected chi connectivity index (χ1v) is 7.23. The highest BCUT2D eigenvalue weighted by Crippen LogP contribution is 2.27. The third-order valence-electron chi connectivity index (χ3n) is 4.03. The maximum atomic E-state index is 12.6. The number of nitrogens with zero attached hydrogens (tertiary/aromatic N) is 1. The van der Waals surface area contributed by atoms with E-state index in [0.29, 0.717) is 19.0 Å². The maximum Gasteiger partial charge on any atom is 0.422 e. The van der Waals surface area contributed by atoms with Crippen molar-refractivity contribution in [2.24, 2.45) is 5.92 Å². The first kappa shape index (κ1) is 15.1. The Kier molecular flexibility index (Phi) is 3.99. The summed E-state index contributed by atoms with van der Waals surface area (Å²) < 4.78 is 41.7. The van der Waals surface area contributed by atoms with E-state index in [9.17, 15) is 18.0 Å². The highest BCUT2D eigenvalue weighted by Gasteiger charge is 2.36. The number of fused-ring (bicyclic) bond motifs is 2. The number of carbonyl (C=O) groups excluding carboxylic acids is 1. The minimum atomic E-state index is -4.43. The van der Waals surface area contributed by atoms with E-state index < -0.39 is 12.8 Å². The zero-order valence-corrected chi connectivity index (χ0v) is 11.9. The molecule has 1 aromatic rings. The molecule has 2 fully saturated rings. The average Bonchev–Trinajstić information content (AvgIpc) is 2.82. The van der Waals surface area contributed by atoms with Crippen molar-refractivity contribution in [1.82, 2.24) is 10.2 Å². The van der Waals surface area contributed by atoms with Gasteiger partial charge >= 0.3 is 6.18 Å². The number of benzene rings is 1. The van der Waals surface area contributed by atoms with E-state index in [1.54, 1.807) is 17.0 Å². The van der Waals surface area contributed by atoms with Crippen LogP contribution in [0.5, 0.6) is 5.75 Å². The van der Waals surface area contributed by atoms with Gasteiger partial charge in [-0.25, -0.2) is 0 Å². The lowest BCUT2D eigenvalue weighted by Crippen LogP contribution is -2.44. The fraction of sp³-hybridized carbons (Fsp3) is 0.533. The summed E-state index contributed by atoms with van der Waals surface area (Å²) in [7, 11) is 0. The Morgan fingerprint density at radius 3 is 2.82 bits per heavy atom. The molecule has 2 aliphatic heterocycles. The van der Waals surface area contributed by atoms with Crippen molar-refractivity contribution in [3.05, 3.63) is 29.8 Å². The molecule has 7 heteroatoms. The van der Waals surface area contributed by atoms with E-state index in [1.165, 1.54) is 12.1 Å². The van der Waals surface area contributed by atoms with Crippen molar-refractivity contribution in [3.63, 3.8) is 0 Å². The fourth-order valence-corrected chi connectivity index (χ4v) is 3.10. The predicted molar refractivity (Wildman–Crippen MR) is 73.8 cm³/mol. The molecule has 0 unspecified atom stereocenters. The second kappa shape index (κ2) is 5.79. The zero-order chi connectivity index (χ0) is 15.7. The smallest absolute Gasteiger partial charge is 0.422 e. The summed E-state index contributed by atoms with van der Waals surface area (Å²) in [5, 5.41) is 3.34. The van der Waals surface area contributed by atoms with Crippen LogP contribution in [-0.4, -0.2) is 49.3 Å². The molecule has 0 aliphatic carbocycles. The quantitative estimate of drug-likeness (QED) is 0.928. The minimum absolute atomic E-state index is 0.0179. The van der Waals surface area contributed by atoms with Crippen LogP contribution in [0.3, 0.4) is 0 Å². The van der Waals surface area contributed by atoms with Gasteiger partial charge in [-0.15, -0.1) is 0 Å². The number of rotatable bonds is 3. The highest BCUT2D eigenvalue weighted by molar-refractivity contribution is 5.97. The van der Waals surface area contributed by atoms with Gasteiger partial charge in [0.1, 0.15) is 5.75 Å². The Bertz CT molecular complexity index is 550. The molecule has 2 bridgehead atoms. The third-order valence-corrected chi connectivity index (χ3v) is 4.03. The number of para-hydroxylation sites is 1. The van der Waals surface area contributed by atoms with Crippen molar-refractivity contribution in [2.45, 2.75) is 18.6 Å². The summed E-state index contributed by atoms with van der Waals surface area (Å²) in [4.78, 5) is 14.3. The molecule has 4 nitrogen and oxygen atoms in total. The molecule has 0 saturated carbocycles. The van der Waals surface area contributed by atoms with Crippen molar-refractivity contribution in [3.8, 4) is 5.75 Å². The lowest BCUT2D eigenvalue weighted by Gasteiger charge is -2.31. The van der Waals surface area contributed by atoms with Gasteiger partial charge in [-0.3, -0.25) is 4.79 Å². The standard InChI is InChI=1S/C15H17F3N2O2/c16-15(17,18)9-22-13-4-2-1-3-12(13)14(21)20-7-10-5-11(8-20)19-6-10/h1-4,10-11,19H,5-9H2/t10-,11+/m1/s1. The SMILES string of the molecule is O=C(c1ccccc1OCC(F)(F)F)N1C[C@H]2CN[C@@H](C2)C1. The Labute approximate surface area is 126 Å². The van der Waals surface area contributed by atoms with Crippen molar-refractivity contribution < 1.29 is 22.7 Å². The number of ether oxygens (including phenoxy) is 1. The van der Waals surface area contributed by atoms with E-state index >= 15 is 0 Å². The molecule has 3 rings (SSSR count). The normalized spacial score (nSPS) is 24.4. The van der Waals surface area contributed by atoms with Gasteiger partial charge in [0, 0.05) is 25.7 Å². The number of piperidine rings is 1. The number of likely N-dealkylation sites (tertiary alicyclic amines) is 1. The predicted octanol–water partition coefficient (Wildman–Crippen LogP) is 2.06. The second-order valence-corrected chi connectivity index (χ2v) is 5.82. The van der Waals surface area contributed by atoms with E-state index in [4.69, 9.17) is 4.74 Å². The van der Waals surface area contributed by atoms with Gasteiger partial charge in [0.2, 0.25) is 0 Å². The molecular weight excluding hydrogens is 297 g/mol.